The summed E-state index contributed by atoms with van der Waals surface area (Å²) in [4.78, 5) is 10.6. The molecule has 0 saturated carbocycles. The fourth-order valence-corrected chi connectivity index (χ4v) is 1.75. The second kappa shape index (κ2) is 5.38. The molecule has 0 radical (unpaired) electrons. The van der Waals surface area contributed by atoms with Crippen LogP contribution in [0.2, 0.25) is 10.0 Å². The molecule has 0 saturated heterocycles. The van der Waals surface area contributed by atoms with Crippen molar-refractivity contribution in [2.45, 2.75) is 0 Å². The third-order valence-corrected chi connectivity index (χ3v) is 2.82. The number of halogens is 3. The van der Waals surface area contributed by atoms with Crippen molar-refractivity contribution in [3.8, 4) is 11.5 Å². The molecule has 0 atom stereocenters. The Balaban J connectivity index is 2.34. The van der Waals surface area contributed by atoms with Gasteiger partial charge in [0.2, 0.25) is 0 Å². The van der Waals surface area contributed by atoms with Crippen molar-refractivity contribution in [3.63, 3.8) is 0 Å². The molecule has 5 heteroatoms. The van der Waals surface area contributed by atoms with Gasteiger partial charge in [-0.1, -0.05) is 29.3 Å². The topological polar surface area (TPSA) is 26.3 Å². The molecule has 0 bridgehead atoms. The molecular formula is C13H7Cl2FO2. The van der Waals surface area contributed by atoms with Gasteiger partial charge in [-0.3, -0.25) is 4.79 Å². The van der Waals surface area contributed by atoms with Gasteiger partial charge in [-0.25, -0.2) is 4.39 Å². The average Bonchev–Trinajstić information content (AvgIpc) is 2.37. The zero-order valence-corrected chi connectivity index (χ0v) is 10.5. The van der Waals surface area contributed by atoms with Crippen molar-refractivity contribution in [2.75, 3.05) is 0 Å². The van der Waals surface area contributed by atoms with Gasteiger partial charge >= 0.3 is 0 Å². The van der Waals surface area contributed by atoms with Gasteiger partial charge < -0.3 is 4.74 Å². The first-order valence-corrected chi connectivity index (χ1v) is 5.74. The molecule has 0 unspecified atom stereocenters. The van der Waals surface area contributed by atoms with Crippen LogP contribution in [0.25, 0.3) is 0 Å². The van der Waals surface area contributed by atoms with E-state index in [1.54, 1.807) is 6.07 Å². The van der Waals surface area contributed by atoms with E-state index >= 15 is 0 Å². The number of carbonyl (C=O) groups excluding carboxylic acids is 1. The number of benzene rings is 2. The lowest BCUT2D eigenvalue weighted by Gasteiger charge is -2.09. The smallest absolute Gasteiger partial charge is 0.184 e. The standard InChI is InChI=1S/C13H7Cl2FO2/c14-9-2-1-3-12(13(9)16)18-11-5-4-8(7-17)6-10(11)15/h1-7H. The molecule has 0 amide bonds. The Morgan fingerprint density at radius 1 is 1.06 bits per heavy atom. The number of hydrogen-bond acceptors (Lipinski definition) is 2. The lowest BCUT2D eigenvalue weighted by molar-refractivity contribution is 0.112. The largest absolute Gasteiger partial charge is 0.453 e. The molecule has 0 fully saturated rings. The first-order valence-electron chi connectivity index (χ1n) is 4.98. The summed E-state index contributed by atoms with van der Waals surface area (Å²) in [6.07, 6.45) is 0.662. The molecule has 0 aliphatic heterocycles. The van der Waals surface area contributed by atoms with E-state index in [1.807, 2.05) is 0 Å². The Kier molecular flexibility index (Phi) is 3.84. The summed E-state index contributed by atoms with van der Waals surface area (Å²) in [7, 11) is 0. The summed E-state index contributed by atoms with van der Waals surface area (Å²) in [6.45, 7) is 0. The monoisotopic (exact) mass is 284 g/mol. The fourth-order valence-electron chi connectivity index (χ4n) is 1.35. The Bertz CT molecular complexity index is 600. The molecule has 2 aromatic carbocycles. The predicted octanol–water partition coefficient (Wildman–Crippen LogP) is 4.74. The Morgan fingerprint density at radius 3 is 2.50 bits per heavy atom. The van der Waals surface area contributed by atoms with E-state index in [0.717, 1.165) is 0 Å². The van der Waals surface area contributed by atoms with Crippen molar-refractivity contribution in [2.24, 2.45) is 0 Å². The molecule has 18 heavy (non-hydrogen) atoms. The van der Waals surface area contributed by atoms with Gasteiger partial charge in [0, 0.05) is 5.56 Å². The molecule has 0 aromatic heterocycles. The van der Waals surface area contributed by atoms with Crippen LogP contribution in [0.5, 0.6) is 11.5 Å². The van der Waals surface area contributed by atoms with E-state index in [0.29, 0.717) is 11.8 Å². The minimum atomic E-state index is -0.658. The number of carbonyl (C=O) groups is 1. The van der Waals surface area contributed by atoms with E-state index in [2.05, 4.69) is 0 Å². The van der Waals surface area contributed by atoms with Crippen LogP contribution in [-0.4, -0.2) is 6.29 Å². The third-order valence-electron chi connectivity index (χ3n) is 2.23. The van der Waals surface area contributed by atoms with Gasteiger partial charge in [-0.05, 0) is 30.3 Å². The Morgan fingerprint density at radius 2 is 1.83 bits per heavy atom. The summed E-state index contributed by atoms with van der Waals surface area (Å²) < 4.78 is 18.9. The van der Waals surface area contributed by atoms with E-state index in [4.69, 9.17) is 27.9 Å². The molecule has 0 spiro atoms. The second-order valence-corrected chi connectivity index (χ2v) is 4.28. The van der Waals surface area contributed by atoms with E-state index in [-0.39, 0.29) is 21.5 Å². The molecule has 92 valence electrons. The summed E-state index contributed by atoms with van der Waals surface area (Å²) in [6, 6.07) is 8.87. The van der Waals surface area contributed by atoms with Crippen molar-refractivity contribution in [1.29, 1.82) is 0 Å². The van der Waals surface area contributed by atoms with Gasteiger partial charge in [0.1, 0.15) is 12.0 Å². The van der Waals surface area contributed by atoms with Crippen LogP contribution in [0.3, 0.4) is 0 Å². The van der Waals surface area contributed by atoms with Crippen LogP contribution in [0.1, 0.15) is 10.4 Å². The zero-order valence-electron chi connectivity index (χ0n) is 8.99. The van der Waals surface area contributed by atoms with E-state index in [9.17, 15) is 9.18 Å². The molecule has 2 aromatic rings. The summed E-state index contributed by atoms with van der Waals surface area (Å²) in [5.74, 6) is -0.429. The highest BCUT2D eigenvalue weighted by Gasteiger charge is 2.10. The van der Waals surface area contributed by atoms with Crippen LogP contribution in [0.15, 0.2) is 36.4 Å². The van der Waals surface area contributed by atoms with Crippen LogP contribution < -0.4 is 4.74 Å². The Labute approximate surface area is 113 Å². The van der Waals surface area contributed by atoms with Gasteiger partial charge in [0.25, 0.3) is 0 Å². The van der Waals surface area contributed by atoms with E-state index < -0.39 is 5.82 Å². The molecule has 0 aliphatic rings. The van der Waals surface area contributed by atoms with Crippen molar-refractivity contribution in [1.82, 2.24) is 0 Å². The average molecular weight is 285 g/mol. The zero-order chi connectivity index (χ0) is 13.1. The van der Waals surface area contributed by atoms with Gasteiger partial charge in [0.05, 0.1) is 10.0 Å². The summed E-state index contributed by atoms with van der Waals surface area (Å²) in [5, 5.41) is 0.187. The van der Waals surface area contributed by atoms with Crippen molar-refractivity contribution in [3.05, 3.63) is 57.8 Å². The Hall–Kier alpha value is -1.58. The van der Waals surface area contributed by atoms with Crippen LogP contribution in [0, 0.1) is 5.82 Å². The quantitative estimate of drug-likeness (QED) is 0.761. The first kappa shape index (κ1) is 12.9. The molecule has 0 aliphatic carbocycles. The maximum atomic E-state index is 13.6. The third kappa shape index (κ3) is 2.63. The molecule has 0 N–H and O–H groups in total. The number of aldehydes is 1. The summed E-state index contributed by atoms with van der Waals surface area (Å²) in [5.41, 5.74) is 0.416. The summed E-state index contributed by atoms with van der Waals surface area (Å²) >= 11 is 11.5. The van der Waals surface area contributed by atoms with Crippen molar-refractivity contribution < 1.29 is 13.9 Å². The fraction of sp³-hybridized carbons (Fsp3) is 0. The lowest BCUT2D eigenvalue weighted by Crippen LogP contribution is -1.90. The maximum Gasteiger partial charge on any atom is 0.184 e. The van der Waals surface area contributed by atoms with Crippen LogP contribution in [-0.2, 0) is 0 Å². The molecule has 0 heterocycles. The molecule has 2 rings (SSSR count). The van der Waals surface area contributed by atoms with Gasteiger partial charge in [0.15, 0.2) is 11.6 Å². The van der Waals surface area contributed by atoms with Crippen LogP contribution in [0.4, 0.5) is 4.39 Å². The number of rotatable bonds is 3. The molecular weight excluding hydrogens is 278 g/mol. The SMILES string of the molecule is O=Cc1ccc(Oc2cccc(Cl)c2F)c(Cl)c1. The highest BCUT2D eigenvalue weighted by atomic mass is 35.5. The number of hydrogen-bond donors (Lipinski definition) is 0. The van der Waals surface area contributed by atoms with Crippen LogP contribution >= 0.6 is 23.2 Å². The van der Waals surface area contributed by atoms with Crippen molar-refractivity contribution >= 4 is 29.5 Å². The maximum absolute atomic E-state index is 13.6. The number of ether oxygens (including phenoxy) is 1. The predicted molar refractivity (Wildman–Crippen MR) is 68.3 cm³/mol. The first-order chi connectivity index (χ1) is 8.61. The minimum absolute atomic E-state index is 0.0248. The lowest BCUT2D eigenvalue weighted by atomic mass is 10.2. The van der Waals surface area contributed by atoms with E-state index in [1.165, 1.54) is 30.3 Å². The van der Waals surface area contributed by atoms with Gasteiger partial charge in [-0.2, -0.15) is 0 Å². The highest BCUT2D eigenvalue weighted by Crippen LogP contribution is 2.33. The highest BCUT2D eigenvalue weighted by molar-refractivity contribution is 6.32. The van der Waals surface area contributed by atoms with Gasteiger partial charge in [-0.15, -0.1) is 0 Å². The second-order valence-electron chi connectivity index (χ2n) is 3.46. The minimum Gasteiger partial charge on any atom is -0.453 e. The molecule has 2 nitrogen and oxygen atoms in total. The normalized spacial score (nSPS) is 10.2.